The molecule has 3 nitrogen and oxygen atoms in total. The molecule has 0 unspecified atom stereocenters. The van der Waals surface area contributed by atoms with Gasteiger partial charge in [-0.3, -0.25) is 4.79 Å². The van der Waals surface area contributed by atoms with Crippen molar-refractivity contribution in [3.63, 3.8) is 0 Å². The quantitative estimate of drug-likeness (QED) is 0.857. The monoisotopic (exact) mass is 258 g/mol. The van der Waals surface area contributed by atoms with E-state index in [4.69, 9.17) is 5.11 Å². The van der Waals surface area contributed by atoms with Gasteiger partial charge in [-0.25, -0.2) is 0 Å². The number of phenolic OH excluding ortho intramolecular Hbond substituents is 1. The van der Waals surface area contributed by atoms with Crippen molar-refractivity contribution in [3.8, 4) is 5.75 Å². The molecule has 0 radical (unpaired) electrons. The molecule has 0 atom stereocenters. The lowest BCUT2D eigenvalue weighted by Crippen LogP contribution is -2.28. The van der Waals surface area contributed by atoms with E-state index in [2.05, 4.69) is 15.9 Å². The fraction of sp³-hybridized carbons (Fsp3) is 0.300. The average Bonchev–Trinajstić information content (AvgIpc) is 2.01. The van der Waals surface area contributed by atoms with Gasteiger partial charge in [-0.1, -0.05) is 15.9 Å². The maximum absolute atomic E-state index is 10.9. The number of aromatic hydroxyl groups is 1. The highest BCUT2D eigenvalue weighted by molar-refractivity contribution is 9.10. The van der Waals surface area contributed by atoms with Crippen LogP contribution in [0.2, 0.25) is 0 Å². The van der Waals surface area contributed by atoms with Crippen LogP contribution >= 0.6 is 15.9 Å². The second-order valence-electron chi connectivity index (χ2n) is 3.63. The average molecular weight is 259 g/mol. The number of aliphatic carboxylic acids is 1. The van der Waals surface area contributed by atoms with Crippen molar-refractivity contribution in [2.75, 3.05) is 0 Å². The van der Waals surface area contributed by atoms with Gasteiger partial charge in [-0.05, 0) is 37.6 Å². The van der Waals surface area contributed by atoms with Crippen molar-refractivity contribution in [2.45, 2.75) is 19.3 Å². The molecule has 0 aromatic heterocycles. The summed E-state index contributed by atoms with van der Waals surface area (Å²) in [5.41, 5.74) is -0.432. The SMILES string of the molecule is CC(C)(C(=O)O)c1cc(O)cc(Br)c1. The van der Waals surface area contributed by atoms with E-state index >= 15 is 0 Å². The number of hydrogen-bond acceptors (Lipinski definition) is 2. The van der Waals surface area contributed by atoms with E-state index in [-0.39, 0.29) is 5.75 Å². The van der Waals surface area contributed by atoms with E-state index in [9.17, 15) is 9.90 Å². The highest BCUT2D eigenvalue weighted by atomic mass is 79.9. The van der Waals surface area contributed by atoms with E-state index in [0.29, 0.717) is 10.0 Å². The molecule has 76 valence electrons. The largest absolute Gasteiger partial charge is 0.508 e. The fourth-order valence-corrected chi connectivity index (χ4v) is 1.54. The Morgan fingerprint density at radius 2 is 1.93 bits per heavy atom. The Balaban J connectivity index is 3.25. The molecule has 1 aromatic rings. The Labute approximate surface area is 90.5 Å². The van der Waals surface area contributed by atoms with Crippen molar-refractivity contribution >= 4 is 21.9 Å². The van der Waals surface area contributed by atoms with Crippen LogP contribution in [0.4, 0.5) is 0 Å². The normalized spacial score (nSPS) is 11.4. The molecule has 14 heavy (non-hydrogen) atoms. The lowest BCUT2D eigenvalue weighted by Gasteiger charge is -2.20. The summed E-state index contributed by atoms with van der Waals surface area (Å²) in [4.78, 5) is 10.9. The minimum atomic E-state index is -0.999. The Morgan fingerprint density at radius 1 is 1.36 bits per heavy atom. The zero-order valence-electron chi connectivity index (χ0n) is 7.91. The third-order valence-electron chi connectivity index (χ3n) is 2.14. The van der Waals surface area contributed by atoms with Gasteiger partial charge in [0.25, 0.3) is 0 Å². The molecule has 0 heterocycles. The molecular weight excluding hydrogens is 248 g/mol. The molecule has 0 amide bonds. The maximum Gasteiger partial charge on any atom is 0.313 e. The van der Waals surface area contributed by atoms with Crippen molar-refractivity contribution in [3.05, 3.63) is 28.2 Å². The predicted octanol–water partition coefficient (Wildman–Crippen LogP) is 2.52. The van der Waals surface area contributed by atoms with Crippen LogP contribution in [0.25, 0.3) is 0 Å². The Hall–Kier alpha value is -1.03. The first-order valence-corrected chi connectivity index (χ1v) is 4.87. The summed E-state index contributed by atoms with van der Waals surface area (Å²) in [6, 6.07) is 4.66. The molecule has 0 aliphatic carbocycles. The summed E-state index contributed by atoms with van der Waals surface area (Å²) in [5, 5.41) is 18.3. The molecule has 0 saturated heterocycles. The van der Waals surface area contributed by atoms with E-state index in [1.165, 1.54) is 12.1 Å². The van der Waals surface area contributed by atoms with Crippen LogP contribution in [0.5, 0.6) is 5.75 Å². The number of carbonyl (C=O) groups is 1. The number of phenols is 1. The van der Waals surface area contributed by atoms with Crippen LogP contribution in [0, 0.1) is 0 Å². The first kappa shape index (κ1) is 11.0. The minimum Gasteiger partial charge on any atom is -0.508 e. The zero-order chi connectivity index (χ0) is 10.9. The topological polar surface area (TPSA) is 57.5 Å². The summed E-state index contributed by atoms with van der Waals surface area (Å²) in [6.45, 7) is 3.19. The van der Waals surface area contributed by atoms with E-state index in [0.717, 1.165) is 0 Å². The molecule has 4 heteroatoms. The Morgan fingerprint density at radius 3 is 2.36 bits per heavy atom. The number of carboxylic acid groups (broad SMARTS) is 1. The van der Waals surface area contributed by atoms with Crippen molar-refractivity contribution < 1.29 is 15.0 Å². The van der Waals surface area contributed by atoms with Crippen molar-refractivity contribution in [1.29, 1.82) is 0 Å². The lowest BCUT2D eigenvalue weighted by atomic mass is 9.85. The van der Waals surface area contributed by atoms with Crippen LogP contribution < -0.4 is 0 Å². The molecule has 0 spiro atoms. The molecule has 0 bridgehead atoms. The Kier molecular flexibility index (Phi) is 2.85. The molecule has 0 saturated carbocycles. The smallest absolute Gasteiger partial charge is 0.313 e. The number of halogens is 1. The van der Waals surface area contributed by atoms with Gasteiger partial charge in [-0.2, -0.15) is 0 Å². The van der Waals surface area contributed by atoms with Gasteiger partial charge in [0.05, 0.1) is 5.41 Å². The predicted molar refractivity (Wildman–Crippen MR) is 56.5 cm³/mol. The van der Waals surface area contributed by atoms with Crippen LogP contribution in [-0.4, -0.2) is 16.2 Å². The maximum atomic E-state index is 10.9. The van der Waals surface area contributed by atoms with Gasteiger partial charge in [0.15, 0.2) is 0 Å². The number of benzene rings is 1. The van der Waals surface area contributed by atoms with E-state index < -0.39 is 11.4 Å². The van der Waals surface area contributed by atoms with Crippen LogP contribution in [0.3, 0.4) is 0 Å². The second kappa shape index (κ2) is 3.61. The molecule has 0 aliphatic rings. The summed E-state index contributed by atoms with van der Waals surface area (Å²) in [6.07, 6.45) is 0. The molecule has 1 aromatic carbocycles. The highest BCUT2D eigenvalue weighted by Gasteiger charge is 2.29. The molecule has 0 fully saturated rings. The fourth-order valence-electron chi connectivity index (χ4n) is 1.06. The van der Waals surface area contributed by atoms with Gasteiger partial charge < -0.3 is 10.2 Å². The van der Waals surface area contributed by atoms with Crippen molar-refractivity contribution in [1.82, 2.24) is 0 Å². The number of hydrogen-bond donors (Lipinski definition) is 2. The van der Waals surface area contributed by atoms with Gasteiger partial charge >= 0.3 is 5.97 Å². The van der Waals surface area contributed by atoms with Gasteiger partial charge in [-0.15, -0.1) is 0 Å². The minimum absolute atomic E-state index is 0.0590. The summed E-state index contributed by atoms with van der Waals surface area (Å²) >= 11 is 3.20. The number of rotatable bonds is 2. The third-order valence-corrected chi connectivity index (χ3v) is 2.60. The first-order chi connectivity index (χ1) is 6.34. The molecule has 1 rings (SSSR count). The summed E-state index contributed by atoms with van der Waals surface area (Å²) < 4.78 is 0.668. The molecular formula is C10H11BrO3. The van der Waals surface area contributed by atoms with Gasteiger partial charge in [0.1, 0.15) is 5.75 Å². The standard InChI is InChI=1S/C10H11BrO3/c1-10(2,9(13)14)6-3-7(11)5-8(12)4-6/h3-5,12H,1-2H3,(H,13,14). The van der Waals surface area contributed by atoms with Crippen LogP contribution in [-0.2, 0) is 10.2 Å². The second-order valence-corrected chi connectivity index (χ2v) is 4.54. The molecule has 2 N–H and O–H groups in total. The number of carboxylic acids is 1. The lowest BCUT2D eigenvalue weighted by molar-refractivity contribution is -0.142. The van der Waals surface area contributed by atoms with Crippen LogP contribution in [0.15, 0.2) is 22.7 Å². The highest BCUT2D eigenvalue weighted by Crippen LogP contribution is 2.29. The first-order valence-electron chi connectivity index (χ1n) is 4.07. The van der Waals surface area contributed by atoms with Crippen LogP contribution in [0.1, 0.15) is 19.4 Å². The van der Waals surface area contributed by atoms with Crippen molar-refractivity contribution in [2.24, 2.45) is 0 Å². The summed E-state index contributed by atoms with van der Waals surface area (Å²) in [5.74, 6) is -0.862. The molecule has 0 aliphatic heterocycles. The third kappa shape index (κ3) is 2.07. The zero-order valence-corrected chi connectivity index (χ0v) is 9.50. The summed E-state index contributed by atoms with van der Waals surface area (Å²) in [7, 11) is 0. The van der Waals surface area contributed by atoms with E-state index in [1.807, 2.05) is 0 Å². The Bertz CT molecular complexity index is 351. The van der Waals surface area contributed by atoms with E-state index in [1.54, 1.807) is 19.9 Å². The van der Waals surface area contributed by atoms with Gasteiger partial charge in [0, 0.05) is 4.47 Å². The van der Waals surface area contributed by atoms with Gasteiger partial charge in [0.2, 0.25) is 0 Å².